The van der Waals surface area contributed by atoms with Crippen LogP contribution in [0.15, 0.2) is 0 Å². The van der Waals surface area contributed by atoms with Gasteiger partial charge in [-0.1, -0.05) is 6.42 Å². The van der Waals surface area contributed by atoms with Gasteiger partial charge in [-0.2, -0.15) is 12.7 Å². The average Bonchev–Trinajstić information content (AvgIpc) is 2.70. The lowest BCUT2D eigenvalue weighted by Crippen LogP contribution is -2.48. The Morgan fingerprint density at radius 3 is 2.25 bits per heavy atom. The Hall–Kier alpha value is -0.170. The summed E-state index contributed by atoms with van der Waals surface area (Å²) in [5.41, 5.74) is -0.188. The molecule has 94 valence electrons. The molecule has 1 aliphatic heterocycles. The van der Waals surface area contributed by atoms with Gasteiger partial charge in [-0.25, -0.2) is 4.72 Å². The van der Waals surface area contributed by atoms with Crippen LogP contribution in [-0.4, -0.2) is 44.1 Å². The molecule has 0 unspecified atom stereocenters. The van der Waals surface area contributed by atoms with Gasteiger partial charge in [-0.15, -0.1) is 0 Å². The molecule has 1 heterocycles. The minimum atomic E-state index is -3.31. The molecule has 2 fully saturated rings. The van der Waals surface area contributed by atoms with E-state index in [4.69, 9.17) is 0 Å². The van der Waals surface area contributed by atoms with Crippen molar-refractivity contribution in [3.05, 3.63) is 0 Å². The molecule has 5 nitrogen and oxygen atoms in total. The molecule has 6 heteroatoms. The molecule has 0 atom stereocenters. The van der Waals surface area contributed by atoms with Crippen molar-refractivity contribution in [2.75, 3.05) is 26.2 Å². The van der Waals surface area contributed by atoms with E-state index in [1.54, 1.807) is 0 Å². The summed E-state index contributed by atoms with van der Waals surface area (Å²) in [6.45, 7) is 1.71. The van der Waals surface area contributed by atoms with E-state index in [0.29, 0.717) is 19.6 Å². The number of nitrogens with one attached hydrogen (secondary N) is 1. The summed E-state index contributed by atoms with van der Waals surface area (Å²) >= 11 is 0. The number of aliphatic hydroxyl groups is 1. The second-order valence-electron chi connectivity index (χ2n) is 4.94. The standard InChI is InChI=1S/C10H20N2O3S/c13-9-10(4-3-5-10)8-11-16(14,15)12-6-1-2-7-12/h11,13H,1-9H2. The smallest absolute Gasteiger partial charge is 0.279 e. The predicted molar refractivity (Wildman–Crippen MR) is 61.1 cm³/mol. The fourth-order valence-corrected chi connectivity index (χ4v) is 3.74. The first-order valence-corrected chi connectivity index (χ1v) is 7.38. The number of hydrogen-bond acceptors (Lipinski definition) is 3. The van der Waals surface area contributed by atoms with E-state index in [9.17, 15) is 13.5 Å². The number of hydrogen-bond donors (Lipinski definition) is 2. The lowest BCUT2D eigenvalue weighted by atomic mass is 9.69. The van der Waals surface area contributed by atoms with Gasteiger partial charge in [0.2, 0.25) is 0 Å². The minimum absolute atomic E-state index is 0.0789. The second-order valence-corrected chi connectivity index (χ2v) is 6.70. The van der Waals surface area contributed by atoms with Crippen LogP contribution in [0, 0.1) is 5.41 Å². The maximum Gasteiger partial charge on any atom is 0.279 e. The Labute approximate surface area is 97.0 Å². The molecule has 0 spiro atoms. The molecule has 1 aliphatic carbocycles. The molecule has 2 rings (SSSR count). The van der Waals surface area contributed by atoms with Crippen LogP contribution in [0.25, 0.3) is 0 Å². The van der Waals surface area contributed by atoms with Crippen molar-refractivity contribution < 1.29 is 13.5 Å². The van der Waals surface area contributed by atoms with Crippen molar-refractivity contribution in [3.8, 4) is 0 Å². The van der Waals surface area contributed by atoms with Gasteiger partial charge in [0.15, 0.2) is 0 Å². The Morgan fingerprint density at radius 2 is 1.81 bits per heavy atom. The third-order valence-electron chi connectivity index (χ3n) is 3.78. The van der Waals surface area contributed by atoms with Crippen molar-refractivity contribution in [1.29, 1.82) is 0 Å². The molecule has 1 saturated heterocycles. The van der Waals surface area contributed by atoms with E-state index >= 15 is 0 Å². The van der Waals surface area contributed by atoms with E-state index in [0.717, 1.165) is 32.1 Å². The molecule has 0 amide bonds. The Morgan fingerprint density at radius 1 is 1.19 bits per heavy atom. The van der Waals surface area contributed by atoms with Gasteiger partial charge in [0.1, 0.15) is 0 Å². The quantitative estimate of drug-likeness (QED) is 0.724. The van der Waals surface area contributed by atoms with Gasteiger partial charge in [-0.3, -0.25) is 0 Å². The first-order chi connectivity index (χ1) is 7.58. The van der Waals surface area contributed by atoms with Gasteiger partial charge >= 0.3 is 0 Å². The Kier molecular flexibility index (Phi) is 3.53. The van der Waals surface area contributed by atoms with Crippen molar-refractivity contribution in [1.82, 2.24) is 9.03 Å². The van der Waals surface area contributed by atoms with Crippen LogP contribution in [0.5, 0.6) is 0 Å². The SMILES string of the molecule is O=S(=O)(NCC1(CO)CCC1)N1CCCC1. The van der Waals surface area contributed by atoms with Crippen LogP contribution in [-0.2, 0) is 10.2 Å². The van der Waals surface area contributed by atoms with Crippen LogP contribution in [0.4, 0.5) is 0 Å². The maximum atomic E-state index is 11.9. The zero-order valence-electron chi connectivity index (χ0n) is 9.48. The highest BCUT2D eigenvalue weighted by Gasteiger charge is 2.38. The highest BCUT2D eigenvalue weighted by molar-refractivity contribution is 7.87. The zero-order chi connectivity index (χ0) is 11.6. The van der Waals surface area contributed by atoms with E-state index in [1.807, 2.05) is 0 Å². The third-order valence-corrected chi connectivity index (χ3v) is 5.34. The fraction of sp³-hybridized carbons (Fsp3) is 1.00. The topological polar surface area (TPSA) is 69.6 Å². The van der Waals surface area contributed by atoms with E-state index in [-0.39, 0.29) is 12.0 Å². The van der Waals surface area contributed by atoms with E-state index < -0.39 is 10.2 Å². The van der Waals surface area contributed by atoms with Crippen LogP contribution in [0.1, 0.15) is 32.1 Å². The molecular weight excluding hydrogens is 228 g/mol. The normalized spacial score (nSPS) is 25.6. The number of aliphatic hydroxyl groups excluding tert-OH is 1. The van der Waals surface area contributed by atoms with Crippen LogP contribution >= 0.6 is 0 Å². The van der Waals surface area contributed by atoms with Gasteiger partial charge in [-0.05, 0) is 25.7 Å². The zero-order valence-corrected chi connectivity index (χ0v) is 10.3. The van der Waals surface area contributed by atoms with Crippen molar-refractivity contribution in [2.24, 2.45) is 5.41 Å². The van der Waals surface area contributed by atoms with Crippen molar-refractivity contribution >= 4 is 10.2 Å². The monoisotopic (exact) mass is 248 g/mol. The van der Waals surface area contributed by atoms with Gasteiger partial charge in [0.05, 0.1) is 0 Å². The summed E-state index contributed by atoms with van der Waals surface area (Å²) in [6, 6.07) is 0. The first-order valence-electron chi connectivity index (χ1n) is 5.94. The second kappa shape index (κ2) is 4.60. The number of rotatable bonds is 5. The molecule has 0 radical (unpaired) electrons. The summed E-state index contributed by atoms with van der Waals surface area (Å²) < 4.78 is 27.9. The molecule has 1 saturated carbocycles. The fourth-order valence-electron chi connectivity index (χ4n) is 2.33. The highest BCUT2D eigenvalue weighted by atomic mass is 32.2. The maximum absolute atomic E-state index is 11.9. The highest BCUT2D eigenvalue weighted by Crippen LogP contribution is 2.39. The summed E-state index contributed by atoms with van der Waals surface area (Å²) in [4.78, 5) is 0. The van der Waals surface area contributed by atoms with Crippen molar-refractivity contribution in [3.63, 3.8) is 0 Å². The molecule has 0 bridgehead atoms. The third kappa shape index (κ3) is 2.40. The molecule has 2 N–H and O–H groups in total. The largest absolute Gasteiger partial charge is 0.396 e. The van der Waals surface area contributed by atoms with Gasteiger partial charge < -0.3 is 5.11 Å². The van der Waals surface area contributed by atoms with Crippen LogP contribution in [0.3, 0.4) is 0 Å². The van der Waals surface area contributed by atoms with Gasteiger partial charge in [0, 0.05) is 31.7 Å². The predicted octanol–water partition coefficient (Wildman–Crippen LogP) is 0.0792. The summed E-state index contributed by atoms with van der Waals surface area (Å²) in [7, 11) is -3.31. The summed E-state index contributed by atoms with van der Waals surface area (Å²) in [5.74, 6) is 0. The first kappa shape index (κ1) is 12.3. The summed E-state index contributed by atoms with van der Waals surface area (Å²) in [6.07, 6.45) is 4.84. The minimum Gasteiger partial charge on any atom is -0.396 e. The molecule has 16 heavy (non-hydrogen) atoms. The lowest BCUT2D eigenvalue weighted by Gasteiger charge is -2.40. The van der Waals surface area contributed by atoms with E-state index in [2.05, 4.69) is 4.72 Å². The van der Waals surface area contributed by atoms with Crippen molar-refractivity contribution in [2.45, 2.75) is 32.1 Å². The molecule has 0 aromatic rings. The Bertz CT molecular complexity index is 326. The lowest BCUT2D eigenvalue weighted by molar-refractivity contribution is 0.0496. The van der Waals surface area contributed by atoms with Gasteiger partial charge in [0.25, 0.3) is 10.2 Å². The van der Waals surface area contributed by atoms with Crippen LogP contribution < -0.4 is 4.72 Å². The van der Waals surface area contributed by atoms with Crippen LogP contribution in [0.2, 0.25) is 0 Å². The Balaban J connectivity index is 1.88. The molecule has 2 aliphatic rings. The molecular formula is C10H20N2O3S. The average molecular weight is 248 g/mol. The summed E-state index contributed by atoms with van der Waals surface area (Å²) in [5, 5.41) is 9.25. The number of nitrogens with zero attached hydrogens (tertiary/aromatic N) is 1. The molecule has 0 aromatic carbocycles. The molecule has 0 aromatic heterocycles. The van der Waals surface area contributed by atoms with E-state index in [1.165, 1.54) is 4.31 Å².